The molecule has 1 fully saturated rings. The van der Waals surface area contributed by atoms with Crippen molar-refractivity contribution >= 4 is 5.71 Å². The Hall–Kier alpha value is -2.06. The van der Waals surface area contributed by atoms with Gasteiger partial charge >= 0.3 is 0 Å². The Morgan fingerprint density at radius 3 is 2.75 bits per heavy atom. The van der Waals surface area contributed by atoms with Crippen LogP contribution in [0.15, 0.2) is 23.4 Å². The highest BCUT2D eigenvalue weighted by Gasteiger charge is 2.19. The minimum Gasteiger partial charge on any atom is -0.496 e. The molecule has 0 aliphatic heterocycles. The maximum Gasteiger partial charge on any atom is 0.124 e. The standard InChI is InChI=1S/C15H18N2O3/c1-19-15-7-2-11(9-16)8-12(15)10-20-14-5-3-13(17-18)4-6-14/h2,7-8,14,18H,3-6,10H2,1H3. The van der Waals surface area contributed by atoms with Gasteiger partial charge in [0.05, 0.1) is 37.2 Å². The van der Waals surface area contributed by atoms with E-state index in [9.17, 15) is 0 Å². The second-order valence-corrected chi connectivity index (χ2v) is 4.82. The van der Waals surface area contributed by atoms with E-state index in [1.165, 1.54) is 0 Å². The molecule has 0 spiro atoms. The molecule has 1 saturated carbocycles. The van der Waals surface area contributed by atoms with Crippen LogP contribution in [0, 0.1) is 11.3 Å². The maximum atomic E-state index is 8.93. The summed E-state index contributed by atoms with van der Waals surface area (Å²) >= 11 is 0. The molecular weight excluding hydrogens is 256 g/mol. The van der Waals surface area contributed by atoms with E-state index in [-0.39, 0.29) is 6.10 Å². The second kappa shape index (κ2) is 6.92. The smallest absolute Gasteiger partial charge is 0.124 e. The van der Waals surface area contributed by atoms with Crippen molar-refractivity contribution in [1.29, 1.82) is 5.26 Å². The summed E-state index contributed by atoms with van der Waals surface area (Å²) in [6.07, 6.45) is 3.43. The summed E-state index contributed by atoms with van der Waals surface area (Å²) in [5.41, 5.74) is 2.32. The van der Waals surface area contributed by atoms with E-state index in [1.54, 1.807) is 25.3 Å². The summed E-state index contributed by atoms with van der Waals surface area (Å²) in [6.45, 7) is 0.426. The van der Waals surface area contributed by atoms with Gasteiger partial charge in [0.1, 0.15) is 5.75 Å². The molecule has 1 aromatic rings. The van der Waals surface area contributed by atoms with Crippen molar-refractivity contribution in [3.05, 3.63) is 29.3 Å². The van der Waals surface area contributed by atoms with Crippen molar-refractivity contribution in [2.24, 2.45) is 5.16 Å². The number of nitriles is 1. The molecule has 0 aromatic heterocycles. The average molecular weight is 274 g/mol. The molecule has 0 heterocycles. The zero-order valence-corrected chi connectivity index (χ0v) is 11.5. The van der Waals surface area contributed by atoms with E-state index in [4.69, 9.17) is 19.9 Å². The molecule has 5 nitrogen and oxygen atoms in total. The lowest BCUT2D eigenvalue weighted by molar-refractivity contribution is 0.0268. The highest BCUT2D eigenvalue weighted by Crippen LogP contribution is 2.24. The molecule has 0 atom stereocenters. The summed E-state index contributed by atoms with van der Waals surface area (Å²) < 4.78 is 11.2. The van der Waals surface area contributed by atoms with E-state index in [0.29, 0.717) is 12.2 Å². The van der Waals surface area contributed by atoms with Crippen LogP contribution in [0.5, 0.6) is 5.75 Å². The predicted molar refractivity (Wildman–Crippen MR) is 74.0 cm³/mol. The first-order valence-corrected chi connectivity index (χ1v) is 6.65. The predicted octanol–water partition coefficient (Wildman–Crippen LogP) is 2.86. The van der Waals surface area contributed by atoms with Crippen LogP contribution in [0.2, 0.25) is 0 Å². The van der Waals surface area contributed by atoms with E-state index < -0.39 is 0 Å². The van der Waals surface area contributed by atoms with Crippen LogP contribution in [0.4, 0.5) is 0 Å². The van der Waals surface area contributed by atoms with Gasteiger partial charge in [-0.15, -0.1) is 0 Å². The monoisotopic (exact) mass is 274 g/mol. The second-order valence-electron chi connectivity index (χ2n) is 4.82. The summed E-state index contributed by atoms with van der Waals surface area (Å²) in [5, 5.41) is 20.9. The zero-order valence-electron chi connectivity index (χ0n) is 11.5. The van der Waals surface area contributed by atoms with Crippen LogP contribution in [-0.2, 0) is 11.3 Å². The maximum absolute atomic E-state index is 8.93. The van der Waals surface area contributed by atoms with Gasteiger partial charge in [-0.3, -0.25) is 0 Å². The number of rotatable bonds is 4. The summed E-state index contributed by atoms with van der Waals surface area (Å²) in [7, 11) is 1.61. The Morgan fingerprint density at radius 1 is 1.40 bits per heavy atom. The number of hydrogen-bond donors (Lipinski definition) is 1. The van der Waals surface area contributed by atoms with Gasteiger partial charge in [0.25, 0.3) is 0 Å². The summed E-state index contributed by atoms with van der Waals surface area (Å²) in [4.78, 5) is 0. The Morgan fingerprint density at radius 2 is 2.15 bits per heavy atom. The van der Waals surface area contributed by atoms with Crippen molar-refractivity contribution in [1.82, 2.24) is 0 Å². The molecule has 0 saturated heterocycles. The van der Waals surface area contributed by atoms with Gasteiger partial charge in [-0.25, -0.2) is 0 Å². The Balaban J connectivity index is 1.95. The fraction of sp³-hybridized carbons (Fsp3) is 0.467. The molecule has 106 valence electrons. The van der Waals surface area contributed by atoms with Crippen LogP contribution in [0.25, 0.3) is 0 Å². The van der Waals surface area contributed by atoms with Gasteiger partial charge in [0.2, 0.25) is 0 Å². The lowest BCUT2D eigenvalue weighted by Gasteiger charge is -2.23. The largest absolute Gasteiger partial charge is 0.496 e. The SMILES string of the molecule is COc1ccc(C#N)cc1COC1CCC(=NO)CC1. The molecule has 1 aliphatic rings. The van der Waals surface area contributed by atoms with Gasteiger partial charge < -0.3 is 14.7 Å². The molecular formula is C15H18N2O3. The number of oxime groups is 1. The molecule has 0 unspecified atom stereocenters. The zero-order chi connectivity index (χ0) is 14.4. The van der Waals surface area contributed by atoms with Gasteiger partial charge in [0.15, 0.2) is 0 Å². The Labute approximate surface area is 118 Å². The molecule has 0 radical (unpaired) electrons. The van der Waals surface area contributed by atoms with E-state index in [2.05, 4.69) is 11.2 Å². The fourth-order valence-electron chi connectivity index (χ4n) is 2.36. The molecule has 1 aliphatic carbocycles. The summed E-state index contributed by atoms with van der Waals surface area (Å²) in [5.74, 6) is 0.734. The van der Waals surface area contributed by atoms with Crippen molar-refractivity contribution < 1.29 is 14.7 Å². The molecule has 1 aromatic carbocycles. The van der Waals surface area contributed by atoms with Crippen LogP contribution >= 0.6 is 0 Å². The minimum atomic E-state index is 0.163. The number of nitrogens with zero attached hydrogens (tertiary/aromatic N) is 2. The lowest BCUT2D eigenvalue weighted by atomic mass is 9.96. The fourth-order valence-corrected chi connectivity index (χ4v) is 2.36. The van der Waals surface area contributed by atoms with E-state index in [1.807, 2.05) is 0 Å². The van der Waals surface area contributed by atoms with Crippen molar-refractivity contribution in [2.75, 3.05) is 7.11 Å². The highest BCUT2D eigenvalue weighted by molar-refractivity contribution is 5.84. The lowest BCUT2D eigenvalue weighted by Crippen LogP contribution is -2.21. The number of hydrogen-bond acceptors (Lipinski definition) is 5. The average Bonchev–Trinajstić information content (AvgIpc) is 2.53. The highest BCUT2D eigenvalue weighted by atomic mass is 16.5. The van der Waals surface area contributed by atoms with Gasteiger partial charge in [-0.05, 0) is 43.9 Å². The van der Waals surface area contributed by atoms with Gasteiger partial charge in [-0.1, -0.05) is 5.16 Å². The van der Waals surface area contributed by atoms with Gasteiger partial charge in [0, 0.05) is 5.56 Å². The molecule has 20 heavy (non-hydrogen) atoms. The van der Waals surface area contributed by atoms with Crippen LogP contribution in [0.1, 0.15) is 36.8 Å². The minimum absolute atomic E-state index is 0.163. The van der Waals surface area contributed by atoms with Gasteiger partial charge in [-0.2, -0.15) is 5.26 Å². The molecule has 2 rings (SSSR count). The van der Waals surface area contributed by atoms with Crippen LogP contribution in [-0.4, -0.2) is 24.1 Å². The normalized spacial score (nSPS) is 18.4. The number of benzene rings is 1. The molecule has 5 heteroatoms. The first-order chi connectivity index (χ1) is 9.76. The summed E-state index contributed by atoms with van der Waals surface area (Å²) in [6, 6.07) is 7.42. The third-order valence-electron chi connectivity index (χ3n) is 3.54. The van der Waals surface area contributed by atoms with E-state index >= 15 is 0 Å². The molecule has 0 bridgehead atoms. The molecule has 0 amide bonds. The Bertz CT molecular complexity index is 524. The first-order valence-electron chi connectivity index (χ1n) is 6.65. The quantitative estimate of drug-likeness (QED) is 0.676. The van der Waals surface area contributed by atoms with Crippen molar-refractivity contribution in [2.45, 2.75) is 38.4 Å². The third kappa shape index (κ3) is 3.49. The number of methoxy groups -OCH3 is 1. The van der Waals surface area contributed by atoms with Crippen molar-refractivity contribution in [3.63, 3.8) is 0 Å². The Kier molecular flexibility index (Phi) is 4.97. The molecule has 1 N–H and O–H groups in total. The van der Waals surface area contributed by atoms with Crippen LogP contribution in [0.3, 0.4) is 0 Å². The topological polar surface area (TPSA) is 74.8 Å². The number of ether oxygens (including phenoxy) is 2. The van der Waals surface area contributed by atoms with Crippen LogP contribution < -0.4 is 4.74 Å². The van der Waals surface area contributed by atoms with Crippen molar-refractivity contribution in [3.8, 4) is 11.8 Å². The third-order valence-corrected chi connectivity index (χ3v) is 3.54. The van der Waals surface area contributed by atoms with E-state index in [0.717, 1.165) is 42.7 Å². The first kappa shape index (κ1) is 14.4.